The average molecular weight is 886 g/mol. The first kappa shape index (κ1) is 39.7. The van der Waals surface area contributed by atoms with Crippen LogP contribution in [0, 0.1) is 23.3 Å². The zero-order valence-electron chi connectivity index (χ0n) is 36.2. The van der Waals surface area contributed by atoms with Crippen LogP contribution in [0.15, 0.2) is 218 Å². The van der Waals surface area contributed by atoms with E-state index in [1.54, 1.807) is 12.1 Å². The van der Waals surface area contributed by atoms with Crippen molar-refractivity contribution in [3.8, 4) is 39.1 Å². The number of hydrogen-bond acceptors (Lipinski definition) is 2. The number of halogens is 4. The van der Waals surface area contributed by atoms with Gasteiger partial charge in [0.1, 0.15) is 23.3 Å². The molecule has 1 aromatic heterocycles. The van der Waals surface area contributed by atoms with Crippen molar-refractivity contribution in [1.29, 1.82) is 0 Å². The molecule has 0 bridgehead atoms. The van der Waals surface area contributed by atoms with Crippen molar-refractivity contribution >= 4 is 79.0 Å². The predicted molar refractivity (Wildman–Crippen MR) is 271 cm³/mol. The third-order valence-electron chi connectivity index (χ3n) is 13.6. The number of rotatable bonds is 6. The Balaban J connectivity index is 1.07. The van der Waals surface area contributed by atoms with Crippen molar-refractivity contribution in [2.45, 2.75) is 0 Å². The molecular weight excluding hydrogens is 849 g/mol. The van der Waals surface area contributed by atoms with Crippen molar-refractivity contribution in [1.82, 2.24) is 4.57 Å². The molecule has 0 unspecified atom stereocenters. The minimum atomic E-state index is -0.793. The van der Waals surface area contributed by atoms with Crippen LogP contribution in [0.5, 0.6) is 0 Å². The van der Waals surface area contributed by atoms with Crippen LogP contribution in [0.1, 0.15) is 0 Å². The van der Waals surface area contributed by atoms with Crippen LogP contribution in [0.2, 0.25) is 0 Å². The van der Waals surface area contributed by atoms with Gasteiger partial charge in [-0.25, -0.2) is 17.6 Å². The largest absolute Gasteiger partial charge is 0.311 e. The first-order chi connectivity index (χ1) is 33.4. The predicted octanol–water partition coefficient (Wildman–Crippen LogP) is 14.4. The molecule has 3 nitrogen and oxygen atoms in total. The lowest BCUT2D eigenvalue weighted by atomic mass is 9.33. The maximum Gasteiger partial charge on any atom is 0.252 e. The van der Waals surface area contributed by atoms with Crippen LogP contribution in [0.25, 0.3) is 60.9 Å². The Morgan fingerprint density at radius 1 is 0.324 bits per heavy atom. The lowest BCUT2D eigenvalue weighted by Gasteiger charge is -2.44. The molecule has 0 fully saturated rings. The van der Waals surface area contributed by atoms with E-state index in [9.17, 15) is 0 Å². The lowest BCUT2D eigenvalue weighted by Crippen LogP contribution is -2.61. The van der Waals surface area contributed by atoms with Crippen LogP contribution < -0.4 is 26.2 Å². The van der Waals surface area contributed by atoms with Gasteiger partial charge in [0.05, 0.1) is 27.8 Å². The molecule has 10 aromatic carbocycles. The summed E-state index contributed by atoms with van der Waals surface area (Å²) in [5.41, 5.74) is 13.9. The van der Waals surface area contributed by atoms with Gasteiger partial charge in [0.25, 0.3) is 6.71 Å². The van der Waals surface area contributed by atoms with E-state index in [-0.39, 0.29) is 29.0 Å². The monoisotopic (exact) mass is 885 g/mol. The highest BCUT2D eigenvalue weighted by Crippen LogP contribution is 2.47. The van der Waals surface area contributed by atoms with Crippen molar-refractivity contribution in [3.63, 3.8) is 0 Å². The maximum absolute atomic E-state index is 16.0. The Morgan fingerprint density at radius 2 is 0.824 bits per heavy atom. The van der Waals surface area contributed by atoms with E-state index >= 15 is 17.6 Å². The van der Waals surface area contributed by atoms with E-state index in [0.717, 1.165) is 67.1 Å². The standard InChI is InChI=1S/C60H36BF4N3/c62-47-22-13-23-48(63)58(47)38-30-32-53(44(34-38)59-49(64)24-14-25-50(59)65)68-51-26-10-7-19-42(51)43-33-37(29-31-52(43)68)39-35-56-60-57(36-39)67(41-17-5-2-6-18-41)55-28-12-9-21-46(55)61(60)45-20-8-11-27-54(45)66(56)40-15-3-1-4-16-40/h1-36H. The summed E-state index contributed by atoms with van der Waals surface area (Å²) in [6, 6.07) is 69.5. The second-order valence-electron chi connectivity index (χ2n) is 17.3. The van der Waals surface area contributed by atoms with Crippen LogP contribution in [0.3, 0.4) is 0 Å². The zero-order chi connectivity index (χ0) is 45.6. The van der Waals surface area contributed by atoms with Crippen LogP contribution in [0.4, 0.5) is 51.7 Å². The van der Waals surface area contributed by atoms with Crippen LogP contribution in [-0.2, 0) is 0 Å². The summed E-state index contributed by atoms with van der Waals surface area (Å²) in [4.78, 5) is 4.77. The summed E-state index contributed by atoms with van der Waals surface area (Å²) in [6.07, 6.45) is 0. The number of nitrogens with zero attached hydrogens (tertiary/aromatic N) is 3. The third-order valence-corrected chi connectivity index (χ3v) is 13.6. The number of hydrogen-bond donors (Lipinski definition) is 0. The van der Waals surface area contributed by atoms with Gasteiger partial charge in [0.2, 0.25) is 0 Å². The maximum atomic E-state index is 16.0. The molecular formula is C60H36BF4N3. The third kappa shape index (κ3) is 6.00. The molecule has 11 aromatic rings. The van der Waals surface area contributed by atoms with Gasteiger partial charge in [-0.15, -0.1) is 0 Å². The zero-order valence-corrected chi connectivity index (χ0v) is 36.2. The summed E-state index contributed by atoms with van der Waals surface area (Å²) in [5, 5.41) is 1.84. The fraction of sp³-hybridized carbons (Fsp3) is 0. The highest BCUT2D eigenvalue weighted by atomic mass is 19.1. The molecule has 0 atom stereocenters. The number of fused-ring (bicyclic) bond motifs is 7. The molecule has 2 aliphatic heterocycles. The van der Waals surface area contributed by atoms with Crippen LogP contribution >= 0.6 is 0 Å². The van der Waals surface area contributed by atoms with Gasteiger partial charge >= 0.3 is 0 Å². The van der Waals surface area contributed by atoms with E-state index in [1.807, 2.05) is 41.0 Å². The van der Waals surface area contributed by atoms with Crippen molar-refractivity contribution in [2.24, 2.45) is 0 Å². The van der Waals surface area contributed by atoms with Gasteiger partial charge in [-0.1, -0.05) is 115 Å². The summed E-state index contributed by atoms with van der Waals surface area (Å²) in [6.45, 7) is -0.0309. The molecule has 2 aliphatic rings. The first-order valence-corrected chi connectivity index (χ1v) is 22.6. The van der Waals surface area contributed by atoms with E-state index in [2.05, 4.69) is 137 Å². The van der Waals surface area contributed by atoms with E-state index < -0.39 is 23.3 Å². The Bertz CT molecular complexity index is 3680. The molecule has 68 heavy (non-hydrogen) atoms. The molecule has 8 heteroatoms. The minimum absolute atomic E-state index is 0.0309. The lowest BCUT2D eigenvalue weighted by molar-refractivity contribution is 0.589. The molecule has 322 valence electrons. The molecule has 0 saturated heterocycles. The Morgan fingerprint density at radius 3 is 1.43 bits per heavy atom. The van der Waals surface area contributed by atoms with Crippen LogP contribution in [-0.4, -0.2) is 11.3 Å². The van der Waals surface area contributed by atoms with E-state index in [0.29, 0.717) is 5.69 Å². The number of anilines is 6. The van der Waals surface area contributed by atoms with Crippen molar-refractivity contribution in [2.75, 3.05) is 9.80 Å². The quantitative estimate of drug-likeness (QED) is 0.122. The molecule has 0 amide bonds. The highest BCUT2D eigenvalue weighted by Gasteiger charge is 2.43. The fourth-order valence-corrected chi connectivity index (χ4v) is 10.8. The Hall–Kier alpha value is -8.62. The number of benzene rings is 10. The van der Waals surface area contributed by atoms with Gasteiger partial charge in [-0.05, 0) is 136 Å². The molecule has 0 spiro atoms. The second kappa shape index (κ2) is 15.5. The van der Waals surface area contributed by atoms with Gasteiger partial charge in [-0.3, -0.25) is 0 Å². The second-order valence-corrected chi connectivity index (χ2v) is 17.3. The molecule has 13 rings (SSSR count). The van der Waals surface area contributed by atoms with E-state index in [1.165, 1.54) is 58.9 Å². The minimum Gasteiger partial charge on any atom is -0.311 e. The van der Waals surface area contributed by atoms with Gasteiger partial charge < -0.3 is 14.4 Å². The van der Waals surface area contributed by atoms with Crippen molar-refractivity contribution in [3.05, 3.63) is 242 Å². The molecule has 3 heterocycles. The first-order valence-electron chi connectivity index (χ1n) is 22.6. The summed E-state index contributed by atoms with van der Waals surface area (Å²) >= 11 is 0. The number of aromatic nitrogens is 1. The smallest absolute Gasteiger partial charge is 0.252 e. The molecule has 0 saturated carbocycles. The summed E-state index contributed by atoms with van der Waals surface area (Å²) in [7, 11) is 0. The van der Waals surface area contributed by atoms with Gasteiger partial charge in [-0.2, -0.15) is 0 Å². The molecule has 0 N–H and O–H groups in total. The summed E-state index contributed by atoms with van der Waals surface area (Å²) < 4.78 is 64.5. The van der Waals surface area contributed by atoms with Gasteiger partial charge in [0.15, 0.2) is 0 Å². The Labute approximate surface area is 390 Å². The Kier molecular flexibility index (Phi) is 9.05. The average Bonchev–Trinajstić information content (AvgIpc) is 3.70. The summed E-state index contributed by atoms with van der Waals surface area (Å²) in [5.74, 6) is -3.14. The molecule has 0 radical (unpaired) electrons. The normalized spacial score (nSPS) is 12.6. The topological polar surface area (TPSA) is 11.4 Å². The fourth-order valence-electron chi connectivity index (χ4n) is 10.8. The van der Waals surface area contributed by atoms with Gasteiger partial charge in [0, 0.05) is 50.5 Å². The highest BCUT2D eigenvalue weighted by molar-refractivity contribution is 7.00. The number of para-hydroxylation sites is 5. The molecule has 0 aliphatic carbocycles. The van der Waals surface area contributed by atoms with Crippen molar-refractivity contribution < 1.29 is 17.6 Å². The SMILES string of the molecule is Fc1cccc(F)c1-c1ccc(-n2c3ccccc3c3cc(-c4cc5c6c(c4)N(c4ccccc4)c4ccccc4B6c4ccccc4N5c4ccccc4)ccc32)c(-c2c(F)cccc2F)c1. The van der Waals surface area contributed by atoms with E-state index in [4.69, 9.17) is 0 Å².